The number of anilines is 1. The number of cyclic esters (lactones) is 1. The number of rotatable bonds is 5. The van der Waals surface area contributed by atoms with Gasteiger partial charge in [0.1, 0.15) is 12.4 Å². The Bertz CT molecular complexity index is 826. The van der Waals surface area contributed by atoms with Gasteiger partial charge in [0.25, 0.3) is 5.91 Å². The molecule has 0 atom stereocenters. The second kappa shape index (κ2) is 7.86. The van der Waals surface area contributed by atoms with Crippen LogP contribution in [0.25, 0.3) is 0 Å². The molecule has 1 aliphatic rings. The van der Waals surface area contributed by atoms with E-state index in [9.17, 15) is 14.0 Å². The first-order valence-corrected chi connectivity index (χ1v) is 9.06. The Morgan fingerprint density at radius 1 is 1.27 bits per heavy atom. The summed E-state index contributed by atoms with van der Waals surface area (Å²) >= 11 is 3.32. The summed E-state index contributed by atoms with van der Waals surface area (Å²) in [5.41, 5.74) is 1.62. The van der Waals surface area contributed by atoms with E-state index < -0.39 is 0 Å². The van der Waals surface area contributed by atoms with E-state index in [-0.39, 0.29) is 24.4 Å². The van der Waals surface area contributed by atoms with Gasteiger partial charge in [0.05, 0.1) is 6.54 Å². The minimum Gasteiger partial charge on any atom is -0.447 e. The van der Waals surface area contributed by atoms with Crippen molar-refractivity contribution in [2.75, 3.05) is 24.6 Å². The average molecular weight is 421 g/mol. The van der Waals surface area contributed by atoms with Gasteiger partial charge in [0, 0.05) is 34.4 Å². The van der Waals surface area contributed by atoms with E-state index in [2.05, 4.69) is 15.9 Å². The zero-order valence-corrected chi connectivity index (χ0v) is 15.8. The maximum atomic E-state index is 14.0. The maximum Gasteiger partial charge on any atom is 0.414 e. The van der Waals surface area contributed by atoms with Gasteiger partial charge in [-0.3, -0.25) is 9.69 Å². The molecular weight excluding hydrogens is 403 g/mol. The van der Waals surface area contributed by atoms with E-state index in [0.717, 1.165) is 4.47 Å². The summed E-state index contributed by atoms with van der Waals surface area (Å²) in [6.07, 6.45) is -0.385. The van der Waals surface area contributed by atoms with Gasteiger partial charge in [-0.2, -0.15) is 0 Å². The highest BCUT2D eigenvalue weighted by Gasteiger charge is 2.24. The molecule has 0 spiro atoms. The van der Waals surface area contributed by atoms with Crippen LogP contribution in [0.15, 0.2) is 46.9 Å². The van der Waals surface area contributed by atoms with E-state index in [1.54, 1.807) is 41.3 Å². The van der Waals surface area contributed by atoms with Gasteiger partial charge >= 0.3 is 6.09 Å². The molecule has 2 aromatic carbocycles. The molecule has 2 aromatic rings. The van der Waals surface area contributed by atoms with Gasteiger partial charge in [-0.15, -0.1) is 0 Å². The molecule has 3 rings (SSSR count). The smallest absolute Gasteiger partial charge is 0.414 e. The third-order valence-corrected chi connectivity index (χ3v) is 4.72. The summed E-state index contributed by atoms with van der Waals surface area (Å²) < 4.78 is 19.7. The fourth-order valence-corrected chi connectivity index (χ4v) is 3.20. The molecule has 26 heavy (non-hydrogen) atoms. The topological polar surface area (TPSA) is 49.9 Å². The van der Waals surface area contributed by atoms with Crippen molar-refractivity contribution in [1.82, 2.24) is 4.90 Å². The van der Waals surface area contributed by atoms with E-state index in [1.165, 1.54) is 11.0 Å². The molecule has 1 heterocycles. The van der Waals surface area contributed by atoms with Gasteiger partial charge in [-0.25, -0.2) is 9.18 Å². The number of carbonyl (C=O) groups excluding carboxylic acids is 2. The van der Waals surface area contributed by atoms with Gasteiger partial charge in [-0.05, 0) is 49.4 Å². The molecule has 1 aliphatic heterocycles. The second-order valence-corrected chi connectivity index (χ2v) is 6.78. The molecule has 5 nitrogen and oxygen atoms in total. The molecule has 1 saturated heterocycles. The molecule has 0 bridgehead atoms. The Morgan fingerprint density at radius 3 is 2.62 bits per heavy atom. The number of halogens is 2. The van der Waals surface area contributed by atoms with Crippen molar-refractivity contribution in [2.45, 2.75) is 13.5 Å². The molecule has 7 heteroatoms. The SMILES string of the molecule is CCN(Cc1cc(Br)ccc1F)C(=O)c1ccc(N2CCOC2=O)cc1. The van der Waals surface area contributed by atoms with Crippen molar-refractivity contribution in [1.29, 1.82) is 0 Å². The van der Waals surface area contributed by atoms with Gasteiger partial charge in [0.15, 0.2) is 0 Å². The molecule has 0 radical (unpaired) electrons. The zero-order valence-electron chi connectivity index (χ0n) is 14.2. The van der Waals surface area contributed by atoms with Crippen molar-refractivity contribution in [3.8, 4) is 0 Å². The van der Waals surface area contributed by atoms with Crippen LogP contribution in [0.1, 0.15) is 22.8 Å². The number of amides is 2. The predicted octanol–water partition coefficient (Wildman–Crippen LogP) is 4.21. The Balaban J connectivity index is 1.76. The largest absolute Gasteiger partial charge is 0.447 e. The van der Waals surface area contributed by atoms with Crippen LogP contribution in [0.3, 0.4) is 0 Å². The Hall–Kier alpha value is -2.41. The van der Waals surface area contributed by atoms with Crippen LogP contribution >= 0.6 is 15.9 Å². The normalized spacial score (nSPS) is 13.7. The number of ether oxygens (including phenoxy) is 1. The number of benzene rings is 2. The number of hydrogen-bond donors (Lipinski definition) is 0. The van der Waals surface area contributed by atoms with Crippen molar-refractivity contribution < 1.29 is 18.7 Å². The standard InChI is InChI=1S/C19H18BrFN2O3/c1-2-22(12-14-11-15(20)5-8-17(14)21)18(24)13-3-6-16(7-4-13)23-9-10-26-19(23)25/h3-8,11H,2,9-10,12H2,1H3. The number of hydrogen-bond acceptors (Lipinski definition) is 3. The Kier molecular flexibility index (Phi) is 5.56. The molecule has 2 amide bonds. The quantitative estimate of drug-likeness (QED) is 0.727. The Morgan fingerprint density at radius 2 is 2.00 bits per heavy atom. The molecule has 0 N–H and O–H groups in total. The minimum atomic E-state index is -0.385. The van der Waals surface area contributed by atoms with Gasteiger partial charge < -0.3 is 9.64 Å². The fraction of sp³-hybridized carbons (Fsp3) is 0.263. The first kappa shape index (κ1) is 18.4. The van der Waals surface area contributed by atoms with Crippen LogP contribution < -0.4 is 4.90 Å². The third-order valence-electron chi connectivity index (χ3n) is 4.22. The monoisotopic (exact) mass is 420 g/mol. The van der Waals surface area contributed by atoms with Crippen molar-refractivity contribution in [3.05, 3.63) is 63.9 Å². The average Bonchev–Trinajstić information content (AvgIpc) is 3.08. The minimum absolute atomic E-state index is 0.181. The van der Waals surface area contributed by atoms with Crippen LogP contribution in [0, 0.1) is 5.82 Å². The van der Waals surface area contributed by atoms with Crippen LogP contribution in [0.2, 0.25) is 0 Å². The lowest BCUT2D eigenvalue weighted by Gasteiger charge is -2.22. The predicted molar refractivity (Wildman–Crippen MR) is 99.7 cm³/mol. The van der Waals surface area contributed by atoms with Crippen LogP contribution in [-0.2, 0) is 11.3 Å². The Labute approximate surface area is 159 Å². The molecule has 136 valence electrons. The van der Waals surface area contributed by atoms with E-state index in [1.807, 2.05) is 6.92 Å². The van der Waals surface area contributed by atoms with E-state index >= 15 is 0 Å². The highest BCUT2D eigenvalue weighted by Crippen LogP contribution is 2.21. The van der Waals surface area contributed by atoms with Gasteiger partial charge in [-0.1, -0.05) is 15.9 Å². The van der Waals surface area contributed by atoms with Crippen LogP contribution in [0.4, 0.5) is 14.9 Å². The van der Waals surface area contributed by atoms with Crippen molar-refractivity contribution >= 4 is 33.6 Å². The maximum absolute atomic E-state index is 14.0. The summed E-state index contributed by atoms with van der Waals surface area (Å²) in [7, 11) is 0. The van der Waals surface area contributed by atoms with Crippen molar-refractivity contribution in [2.24, 2.45) is 0 Å². The molecular formula is C19H18BrFN2O3. The highest BCUT2D eigenvalue weighted by molar-refractivity contribution is 9.10. The van der Waals surface area contributed by atoms with Crippen molar-refractivity contribution in [3.63, 3.8) is 0 Å². The van der Waals surface area contributed by atoms with Gasteiger partial charge in [0.2, 0.25) is 0 Å². The van der Waals surface area contributed by atoms with Crippen LogP contribution in [-0.4, -0.2) is 36.6 Å². The molecule has 0 unspecified atom stereocenters. The highest BCUT2D eigenvalue weighted by atomic mass is 79.9. The van der Waals surface area contributed by atoms with E-state index in [4.69, 9.17) is 4.74 Å². The summed E-state index contributed by atoms with van der Waals surface area (Å²) in [5.74, 6) is -0.537. The molecule has 0 aromatic heterocycles. The number of carbonyl (C=O) groups is 2. The van der Waals surface area contributed by atoms with E-state index in [0.29, 0.717) is 36.5 Å². The summed E-state index contributed by atoms with van der Waals surface area (Å²) in [6, 6.07) is 11.4. The zero-order chi connectivity index (χ0) is 18.7. The van der Waals surface area contributed by atoms with Crippen LogP contribution in [0.5, 0.6) is 0 Å². The third kappa shape index (κ3) is 3.88. The molecule has 0 saturated carbocycles. The summed E-state index contributed by atoms with van der Waals surface area (Å²) in [4.78, 5) is 27.4. The summed E-state index contributed by atoms with van der Waals surface area (Å²) in [6.45, 7) is 3.34. The molecule has 1 fully saturated rings. The number of nitrogens with zero attached hydrogens (tertiary/aromatic N) is 2. The molecule has 0 aliphatic carbocycles. The second-order valence-electron chi connectivity index (χ2n) is 5.87. The summed E-state index contributed by atoms with van der Waals surface area (Å²) in [5, 5.41) is 0. The lowest BCUT2D eigenvalue weighted by atomic mass is 10.1. The fourth-order valence-electron chi connectivity index (χ4n) is 2.79. The lowest BCUT2D eigenvalue weighted by molar-refractivity contribution is 0.0751. The first-order chi connectivity index (χ1) is 12.5. The lowest BCUT2D eigenvalue weighted by Crippen LogP contribution is -2.30. The first-order valence-electron chi connectivity index (χ1n) is 8.27.